The van der Waals surface area contributed by atoms with E-state index in [1.54, 1.807) is 4.90 Å². The zero-order chi connectivity index (χ0) is 14.8. The van der Waals surface area contributed by atoms with Crippen LogP contribution in [0.1, 0.15) is 39.5 Å². The van der Waals surface area contributed by atoms with Gasteiger partial charge in [0.05, 0.1) is 20.3 Å². The highest BCUT2D eigenvalue weighted by Crippen LogP contribution is 2.41. The molecule has 0 radical (unpaired) electrons. The van der Waals surface area contributed by atoms with Gasteiger partial charge in [0, 0.05) is 12.5 Å². The Bertz CT molecular complexity index is 380. The van der Waals surface area contributed by atoms with Crippen molar-refractivity contribution in [3.05, 3.63) is 0 Å². The van der Waals surface area contributed by atoms with E-state index < -0.39 is 12.1 Å². The van der Waals surface area contributed by atoms with Crippen molar-refractivity contribution in [1.29, 1.82) is 0 Å². The van der Waals surface area contributed by atoms with E-state index in [-0.39, 0.29) is 17.2 Å². The number of hydrogen-bond donors (Lipinski definition) is 0. The van der Waals surface area contributed by atoms with E-state index in [2.05, 4.69) is 13.8 Å². The topological polar surface area (TPSA) is 55.8 Å². The molecular formula is C15H25NO4. The third-order valence-electron chi connectivity index (χ3n) is 4.65. The van der Waals surface area contributed by atoms with Crippen molar-refractivity contribution in [1.82, 2.24) is 4.90 Å². The molecule has 1 aliphatic heterocycles. The average Bonchev–Trinajstić information content (AvgIpc) is 2.45. The molecule has 5 heteroatoms. The molecule has 0 aromatic carbocycles. The van der Waals surface area contributed by atoms with Crippen molar-refractivity contribution in [2.45, 2.75) is 45.6 Å². The average molecular weight is 283 g/mol. The Morgan fingerprint density at radius 1 is 1.30 bits per heavy atom. The Kier molecular flexibility index (Phi) is 4.68. The molecule has 0 N–H and O–H groups in total. The standard InChI is InChI=1S/C15H25NO4/c1-15(2)7-5-4-6-11(15)13(17)16-8-9-20-12(10-16)14(18)19-3/h11-12H,4-10H2,1-3H3. The van der Waals surface area contributed by atoms with Crippen LogP contribution in [0.15, 0.2) is 0 Å². The van der Waals surface area contributed by atoms with Crippen LogP contribution in [-0.2, 0) is 19.1 Å². The van der Waals surface area contributed by atoms with Crippen LogP contribution in [0.4, 0.5) is 0 Å². The lowest BCUT2D eigenvalue weighted by Crippen LogP contribution is -2.52. The lowest BCUT2D eigenvalue weighted by molar-refractivity contribution is -0.165. The van der Waals surface area contributed by atoms with Gasteiger partial charge in [0.15, 0.2) is 6.10 Å². The molecule has 2 atom stereocenters. The van der Waals surface area contributed by atoms with Crippen molar-refractivity contribution in [3.8, 4) is 0 Å². The van der Waals surface area contributed by atoms with Gasteiger partial charge in [-0.25, -0.2) is 4.79 Å². The van der Waals surface area contributed by atoms with Crippen LogP contribution in [0, 0.1) is 11.3 Å². The number of ether oxygens (including phenoxy) is 2. The van der Waals surface area contributed by atoms with Crippen LogP contribution in [-0.4, -0.2) is 49.7 Å². The number of morpholine rings is 1. The van der Waals surface area contributed by atoms with Crippen LogP contribution in [0.25, 0.3) is 0 Å². The largest absolute Gasteiger partial charge is 0.467 e. The molecule has 1 saturated carbocycles. The van der Waals surface area contributed by atoms with Crippen LogP contribution in [0.2, 0.25) is 0 Å². The van der Waals surface area contributed by atoms with E-state index in [0.29, 0.717) is 19.7 Å². The van der Waals surface area contributed by atoms with Gasteiger partial charge in [-0.05, 0) is 18.3 Å². The molecule has 1 amide bonds. The summed E-state index contributed by atoms with van der Waals surface area (Å²) in [6.07, 6.45) is 3.72. The molecule has 1 saturated heterocycles. The second-order valence-corrected chi connectivity index (χ2v) is 6.45. The third-order valence-corrected chi connectivity index (χ3v) is 4.65. The molecule has 0 aromatic rings. The van der Waals surface area contributed by atoms with Gasteiger partial charge < -0.3 is 14.4 Å². The second-order valence-electron chi connectivity index (χ2n) is 6.45. The molecule has 20 heavy (non-hydrogen) atoms. The minimum absolute atomic E-state index is 0.0500. The van der Waals surface area contributed by atoms with Crippen LogP contribution in [0.3, 0.4) is 0 Å². The van der Waals surface area contributed by atoms with Crippen molar-refractivity contribution in [3.63, 3.8) is 0 Å². The quantitative estimate of drug-likeness (QED) is 0.722. The smallest absolute Gasteiger partial charge is 0.336 e. The number of amides is 1. The normalized spacial score (nSPS) is 29.9. The predicted octanol–water partition coefficient (Wildman–Crippen LogP) is 1.60. The summed E-state index contributed by atoms with van der Waals surface area (Å²) in [5.74, 6) is -0.162. The Hall–Kier alpha value is -1.10. The first-order valence-electron chi connectivity index (χ1n) is 7.44. The van der Waals surface area contributed by atoms with Crippen molar-refractivity contribution >= 4 is 11.9 Å². The minimum Gasteiger partial charge on any atom is -0.467 e. The molecule has 1 heterocycles. The summed E-state index contributed by atoms with van der Waals surface area (Å²) in [7, 11) is 1.34. The van der Waals surface area contributed by atoms with Gasteiger partial charge in [-0.1, -0.05) is 26.7 Å². The summed E-state index contributed by atoms with van der Waals surface area (Å²) in [5.41, 5.74) is 0.0500. The summed E-state index contributed by atoms with van der Waals surface area (Å²) >= 11 is 0. The lowest BCUT2D eigenvalue weighted by Gasteiger charge is -2.41. The number of nitrogens with zero attached hydrogens (tertiary/aromatic N) is 1. The van der Waals surface area contributed by atoms with E-state index >= 15 is 0 Å². The molecule has 2 fully saturated rings. The maximum atomic E-state index is 12.7. The Labute approximate surface area is 120 Å². The van der Waals surface area contributed by atoms with Crippen molar-refractivity contribution in [2.24, 2.45) is 11.3 Å². The molecule has 5 nitrogen and oxygen atoms in total. The Morgan fingerprint density at radius 2 is 2.05 bits per heavy atom. The maximum absolute atomic E-state index is 12.7. The third kappa shape index (κ3) is 3.14. The van der Waals surface area contributed by atoms with Crippen LogP contribution in [0.5, 0.6) is 0 Å². The summed E-state index contributed by atoms with van der Waals surface area (Å²) in [6.45, 7) is 5.63. The summed E-state index contributed by atoms with van der Waals surface area (Å²) < 4.78 is 10.1. The fourth-order valence-corrected chi connectivity index (χ4v) is 3.30. The highest BCUT2D eigenvalue weighted by atomic mass is 16.6. The fourth-order valence-electron chi connectivity index (χ4n) is 3.30. The number of carbonyl (C=O) groups is 2. The molecule has 114 valence electrons. The molecule has 0 spiro atoms. The van der Waals surface area contributed by atoms with Crippen LogP contribution >= 0.6 is 0 Å². The van der Waals surface area contributed by atoms with Gasteiger partial charge in [0.25, 0.3) is 0 Å². The maximum Gasteiger partial charge on any atom is 0.336 e. The fraction of sp³-hybridized carbons (Fsp3) is 0.867. The van der Waals surface area contributed by atoms with E-state index in [9.17, 15) is 9.59 Å². The minimum atomic E-state index is -0.635. The predicted molar refractivity (Wildman–Crippen MR) is 74.1 cm³/mol. The Balaban J connectivity index is 2.03. The highest BCUT2D eigenvalue weighted by molar-refractivity contribution is 5.81. The number of rotatable bonds is 2. The van der Waals surface area contributed by atoms with Gasteiger partial charge in [0.2, 0.25) is 5.91 Å². The SMILES string of the molecule is COC(=O)C1CN(C(=O)C2CCCCC2(C)C)CCO1. The van der Waals surface area contributed by atoms with Crippen molar-refractivity contribution in [2.75, 3.05) is 26.8 Å². The van der Waals surface area contributed by atoms with E-state index in [0.717, 1.165) is 19.3 Å². The summed E-state index contributed by atoms with van der Waals surface area (Å²) in [4.78, 5) is 26.1. The van der Waals surface area contributed by atoms with E-state index in [4.69, 9.17) is 9.47 Å². The Morgan fingerprint density at radius 3 is 2.70 bits per heavy atom. The first-order chi connectivity index (χ1) is 9.45. The van der Waals surface area contributed by atoms with Gasteiger partial charge in [-0.15, -0.1) is 0 Å². The van der Waals surface area contributed by atoms with Crippen molar-refractivity contribution < 1.29 is 19.1 Å². The molecule has 2 aliphatic rings. The van der Waals surface area contributed by atoms with Gasteiger partial charge in [-0.2, -0.15) is 0 Å². The van der Waals surface area contributed by atoms with E-state index in [1.807, 2.05) is 0 Å². The van der Waals surface area contributed by atoms with E-state index in [1.165, 1.54) is 13.5 Å². The molecule has 0 aromatic heterocycles. The molecule has 2 rings (SSSR count). The zero-order valence-corrected chi connectivity index (χ0v) is 12.7. The number of carbonyl (C=O) groups excluding carboxylic acids is 2. The van der Waals surface area contributed by atoms with Crippen LogP contribution < -0.4 is 0 Å². The first kappa shape index (κ1) is 15.3. The molecular weight excluding hydrogens is 258 g/mol. The zero-order valence-electron chi connectivity index (χ0n) is 12.7. The molecule has 0 bridgehead atoms. The number of hydrogen-bond acceptors (Lipinski definition) is 4. The molecule has 1 aliphatic carbocycles. The van der Waals surface area contributed by atoms with Gasteiger partial charge in [-0.3, -0.25) is 4.79 Å². The molecule has 2 unspecified atom stereocenters. The highest BCUT2D eigenvalue weighted by Gasteiger charge is 2.41. The number of methoxy groups -OCH3 is 1. The monoisotopic (exact) mass is 283 g/mol. The summed E-state index contributed by atoms with van der Waals surface area (Å²) in [5, 5.41) is 0. The number of esters is 1. The second kappa shape index (κ2) is 6.12. The van der Waals surface area contributed by atoms with Gasteiger partial charge in [0.1, 0.15) is 0 Å². The summed E-state index contributed by atoms with van der Waals surface area (Å²) in [6, 6.07) is 0. The van der Waals surface area contributed by atoms with Gasteiger partial charge >= 0.3 is 5.97 Å². The first-order valence-corrected chi connectivity index (χ1v) is 7.44. The lowest BCUT2D eigenvalue weighted by atomic mass is 9.68.